The van der Waals surface area contributed by atoms with Gasteiger partial charge in [-0.3, -0.25) is 33.6 Å². The van der Waals surface area contributed by atoms with Crippen molar-refractivity contribution in [1.29, 1.82) is 0 Å². The molecule has 0 aromatic rings. The predicted molar refractivity (Wildman–Crippen MR) is 299 cm³/mol. The molecule has 13 heteroatoms. The van der Waals surface area contributed by atoms with Crippen molar-refractivity contribution < 1.29 is 57.2 Å². The van der Waals surface area contributed by atoms with Gasteiger partial charge in [-0.15, -0.1) is 0 Å². The van der Waals surface area contributed by atoms with Gasteiger partial charge in [0.2, 0.25) is 5.91 Å². The van der Waals surface area contributed by atoms with Crippen molar-refractivity contribution in [3.8, 4) is 0 Å². The third kappa shape index (κ3) is 24.2. The summed E-state index contributed by atoms with van der Waals surface area (Å²) in [6.07, 6.45) is 28.1. The number of fused-ring (bicyclic) bond motifs is 2. The molecular formula is C63H109NO12. The van der Waals surface area contributed by atoms with Gasteiger partial charge in [-0.25, -0.2) is 0 Å². The maximum atomic E-state index is 14.4. The number of carbonyl (C=O) groups is 7. The van der Waals surface area contributed by atoms with Crippen molar-refractivity contribution in [2.24, 2.45) is 39.9 Å². The summed E-state index contributed by atoms with van der Waals surface area (Å²) in [7, 11) is 0. The molecule has 438 valence electrons. The molecule has 0 aromatic heterocycles. The quantitative estimate of drug-likeness (QED) is 0.0246. The molecule has 3 rings (SSSR count). The second-order valence-electron chi connectivity index (χ2n) is 25.0. The molecule has 76 heavy (non-hydrogen) atoms. The fourth-order valence-electron chi connectivity index (χ4n) is 12.4. The van der Waals surface area contributed by atoms with Gasteiger partial charge < -0.3 is 28.6 Å². The Kier molecular flexibility index (Phi) is 31.5. The molecule has 0 radical (unpaired) electrons. The van der Waals surface area contributed by atoms with E-state index < -0.39 is 28.7 Å². The Morgan fingerprint density at radius 2 is 1.24 bits per heavy atom. The molecule has 0 N–H and O–H groups in total. The van der Waals surface area contributed by atoms with Crippen LogP contribution in [0.2, 0.25) is 0 Å². The number of likely N-dealkylation sites (tertiary alicyclic amines) is 1. The number of Topliss-reactive ketones (excluding diaryl/α,β-unsaturated/α-hetero) is 1. The number of nitrogens with zero attached hydrogens (tertiary/aromatic N) is 1. The van der Waals surface area contributed by atoms with E-state index in [2.05, 4.69) is 25.7 Å². The molecular weight excluding hydrogens is 963 g/mol. The summed E-state index contributed by atoms with van der Waals surface area (Å²) in [6, 6.07) is 0.161. The second kappa shape index (κ2) is 35.9. The number of amides is 1. The summed E-state index contributed by atoms with van der Waals surface area (Å²) in [5.74, 6) is -1.69. The fraction of sp³-hybridized carbons (Fsp3) is 0.889. The van der Waals surface area contributed by atoms with Crippen molar-refractivity contribution in [2.45, 2.75) is 286 Å². The molecule has 2 saturated carbocycles. The summed E-state index contributed by atoms with van der Waals surface area (Å²) in [5.41, 5.74) is -1.69. The SMILES string of the molecule is CCCCCCCCCCCCOC(=O)C(C)(CCCC(CCCC(CC)N1CCCCCC1=O)C(=O)OC1CC2CCC1(C)C2)CCCC(C)(CCCC(CC)C(=O)OCCOC(=O)CC(C)=O)C(=O)OCC(C)C. The maximum Gasteiger partial charge on any atom is 0.313 e. The van der Waals surface area contributed by atoms with Crippen LogP contribution in [-0.4, -0.2) is 91.6 Å². The van der Waals surface area contributed by atoms with E-state index in [1.807, 2.05) is 34.6 Å². The molecule has 8 atom stereocenters. The lowest BCUT2D eigenvalue weighted by Crippen LogP contribution is -2.39. The molecule has 1 aliphatic heterocycles. The number of carbonyl (C=O) groups excluding carboxylic acids is 7. The van der Waals surface area contributed by atoms with Crippen LogP contribution in [0, 0.1) is 39.9 Å². The topological polar surface area (TPSA) is 169 Å². The summed E-state index contributed by atoms with van der Waals surface area (Å²) < 4.78 is 29.0. The normalized spacial score (nSPS) is 21.2. The molecule has 2 aliphatic carbocycles. The second-order valence-corrected chi connectivity index (χ2v) is 25.0. The molecule has 2 bridgehead atoms. The largest absolute Gasteiger partial charge is 0.465 e. The van der Waals surface area contributed by atoms with E-state index in [-0.39, 0.29) is 85.2 Å². The first-order chi connectivity index (χ1) is 36.3. The number of hydrogen-bond acceptors (Lipinski definition) is 12. The Morgan fingerprint density at radius 1 is 0.645 bits per heavy atom. The van der Waals surface area contributed by atoms with Gasteiger partial charge in [0, 0.05) is 24.4 Å². The molecule has 13 nitrogen and oxygen atoms in total. The average molecular weight is 1070 g/mol. The number of esters is 5. The van der Waals surface area contributed by atoms with Crippen LogP contribution >= 0.6 is 0 Å². The Balaban J connectivity index is 1.74. The summed E-state index contributed by atoms with van der Waals surface area (Å²) in [4.78, 5) is 94.0. The molecule has 1 heterocycles. The van der Waals surface area contributed by atoms with Gasteiger partial charge in [0.1, 0.15) is 31.5 Å². The van der Waals surface area contributed by atoms with Gasteiger partial charge in [-0.2, -0.15) is 0 Å². The van der Waals surface area contributed by atoms with E-state index in [4.69, 9.17) is 23.7 Å². The molecule has 3 aliphatic rings. The zero-order valence-corrected chi connectivity index (χ0v) is 49.7. The van der Waals surface area contributed by atoms with E-state index in [0.29, 0.717) is 89.6 Å². The molecule has 1 amide bonds. The summed E-state index contributed by atoms with van der Waals surface area (Å²) >= 11 is 0. The minimum atomic E-state index is -0.873. The third-order valence-corrected chi connectivity index (χ3v) is 17.5. The van der Waals surface area contributed by atoms with Gasteiger partial charge in [0.05, 0.1) is 35.9 Å². The van der Waals surface area contributed by atoms with Crippen molar-refractivity contribution in [2.75, 3.05) is 33.0 Å². The Bertz CT molecular complexity index is 1750. The van der Waals surface area contributed by atoms with Crippen LogP contribution in [0.25, 0.3) is 0 Å². The number of rotatable bonds is 42. The standard InChI is InChI=1S/C63H109NO12/c1-10-13-14-15-16-17-18-19-20-24-41-74-59(70)61(7,37-28-38-62(8,60(71)75-47-48(4)5)35-26-30-51(11-2)57(68)73-43-42-72-56(67)44-49(6)65)36-27-31-52(58(69)76-54-45-50-34-39-63(54,9)46-50)29-25-32-53(12-3)64-40-23-21-22-33-55(64)66/h48,50-54H,10-47H2,1-9H3. The van der Waals surface area contributed by atoms with Crippen molar-refractivity contribution in [1.82, 2.24) is 4.90 Å². The zero-order valence-electron chi connectivity index (χ0n) is 49.7. The van der Waals surface area contributed by atoms with Crippen molar-refractivity contribution in [3.63, 3.8) is 0 Å². The molecule has 0 spiro atoms. The minimum absolute atomic E-state index is 0.0407. The molecule has 0 aromatic carbocycles. The number of unbranched alkanes of at least 4 members (excludes halogenated alkanes) is 9. The van der Waals surface area contributed by atoms with Gasteiger partial charge in [-0.05, 0) is 142 Å². The lowest BCUT2D eigenvalue weighted by atomic mass is 9.74. The first kappa shape index (κ1) is 66.8. The van der Waals surface area contributed by atoms with Gasteiger partial charge >= 0.3 is 29.8 Å². The smallest absolute Gasteiger partial charge is 0.313 e. The van der Waals surface area contributed by atoms with Crippen LogP contribution in [0.1, 0.15) is 274 Å². The van der Waals surface area contributed by atoms with Crippen LogP contribution in [0.5, 0.6) is 0 Å². The van der Waals surface area contributed by atoms with Crippen molar-refractivity contribution in [3.05, 3.63) is 0 Å². The van der Waals surface area contributed by atoms with Crippen LogP contribution in [0.4, 0.5) is 0 Å². The van der Waals surface area contributed by atoms with E-state index in [9.17, 15) is 33.6 Å². The van der Waals surface area contributed by atoms with E-state index in [0.717, 1.165) is 83.6 Å². The first-order valence-corrected chi connectivity index (χ1v) is 31.0. The highest BCUT2D eigenvalue weighted by molar-refractivity contribution is 5.94. The Morgan fingerprint density at radius 3 is 1.82 bits per heavy atom. The Hall–Kier alpha value is -3.51. The number of hydrogen-bond donors (Lipinski definition) is 0. The van der Waals surface area contributed by atoms with Crippen LogP contribution in [0.3, 0.4) is 0 Å². The fourth-order valence-corrected chi connectivity index (χ4v) is 12.4. The van der Waals surface area contributed by atoms with Crippen LogP contribution in [0.15, 0.2) is 0 Å². The Labute approximate surface area is 461 Å². The highest BCUT2D eigenvalue weighted by atomic mass is 16.6. The van der Waals surface area contributed by atoms with Crippen molar-refractivity contribution >= 4 is 41.5 Å². The zero-order chi connectivity index (χ0) is 56.0. The monoisotopic (exact) mass is 1070 g/mol. The van der Waals surface area contributed by atoms with Gasteiger partial charge in [-0.1, -0.05) is 131 Å². The average Bonchev–Trinajstić information content (AvgIpc) is 3.82. The van der Waals surface area contributed by atoms with Crippen LogP contribution < -0.4 is 0 Å². The lowest BCUT2D eigenvalue weighted by molar-refractivity contribution is -0.161. The first-order valence-electron chi connectivity index (χ1n) is 31.0. The number of ketones is 1. The van der Waals surface area contributed by atoms with Gasteiger partial charge in [0.25, 0.3) is 0 Å². The third-order valence-electron chi connectivity index (χ3n) is 17.5. The molecule has 8 unspecified atom stereocenters. The summed E-state index contributed by atoms with van der Waals surface area (Å²) in [6.45, 7) is 19.1. The molecule has 1 saturated heterocycles. The van der Waals surface area contributed by atoms with E-state index >= 15 is 0 Å². The van der Waals surface area contributed by atoms with Gasteiger partial charge in [0.15, 0.2) is 0 Å². The van der Waals surface area contributed by atoms with E-state index in [1.54, 1.807) is 0 Å². The van der Waals surface area contributed by atoms with Crippen LogP contribution in [-0.2, 0) is 57.2 Å². The molecule has 3 fully saturated rings. The maximum absolute atomic E-state index is 14.4. The highest BCUT2D eigenvalue weighted by Crippen LogP contribution is 2.55. The lowest BCUT2D eigenvalue weighted by Gasteiger charge is -2.33. The summed E-state index contributed by atoms with van der Waals surface area (Å²) in [5, 5.41) is 0. The number of ether oxygens (including phenoxy) is 5. The minimum Gasteiger partial charge on any atom is -0.465 e. The highest BCUT2D eigenvalue weighted by Gasteiger charge is 2.51. The predicted octanol–water partition coefficient (Wildman–Crippen LogP) is 14.4. The van der Waals surface area contributed by atoms with E-state index in [1.165, 1.54) is 58.3 Å².